The molecular weight excluding hydrogens is 146 g/mol. The van der Waals surface area contributed by atoms with Gasteiger partial charge in [-0.25, -0.2) is 0 Å². The molecule has 0 rings (SSSR count). The number of nitrogens with one attached hydrogen (secondary N) is 1. The molecule has 0 radical (unpaired) electrons. The molecule has 5 nitrogen and oxygen atoms in total. The summed E-state index contributed by atoms with van der Waals surface area (Å²) in [5.74, 6) is 0.116. The fourth-order valence-electron chi connectivity index (χ4n) is 0.539. The fourth-order valence-corrected chi connectivity index (χ4v) is 0.539. The van der Waals surface area contributed by atoms with E-state index in [2.05, 4.69) is 10.5 Å². The molecule has 0 amide bonds. The van der Waals surface area contributed by atoms with Gasteiger partial charge >= 0.3 is 0 Å². The van der Waals surface area contributed by atoms with Crippen LogP contribution in [0.15, 0.2) is 5.16 Å². The van der Waals surface area contributed by atoms with Crippen LogP contribution in [0.1, 0.15) is 13.8 Å². The number of oxime groups is 1. The van der Waals surface area contributed by atoms with Crippen molar-refractivity contribution in [2.24, 2.45) is 10.9 Å². The van der Waals surface area contributed by atoms with Crippen molar-refractivity contribution in [2.45, 2.75) is 26.0 Å². The molecule has 66 valence electrons. The maximum absolute atomic E-state index is 8.85. The van der Waals surface area contributed by atoms with Crippen LogP contribution < -0.4 is 11.1 Å². The molecule has 0 saturated carbocycles. The van der Waals surface area contributed by atoms with Crippen molar-refractivity contribution in [3.05, 3.63) is 0 Å². The zero-order chi connectivity index (χ0) is 8.85. The van der Waals surface area contributed by atoms with Crippen LogP contribution in [0, 0.1) is 0 Å². The molecule has 5 heteroatoms. The predicted octanol–water partition coefficient (Wildman–Crippen LogP) is -0.908. The molecular formula is C6H15N3O2. The van der Waals surface area contributed by atoms with Crippen LogP contribution in [0.3, 0.4) is 0 Å². The monoisotopic (exact) mass is 161 g/mol. The van der Waals surface area contributed by atoms with Gasteiger partial charge < -0.3 is 21.4 Å². The number of rotatable bonds is 4. The summed E-state index contributed by atoms with van der Waals surface area (Å²) in [5, 5.41) is 22.8. The standard InChI is InChI=1S/C6H15N3O2/c1-4(10)3-8-5(2)6(7)9-11/h4-5,8,10-11H,3H2,1-2H3,(H2,7,9). The number of hydrogen-bond donors (Lipinski definition) is 4. The summed E-state index contributed by atoms with van der Waals surface area (Å²) in [6, 6.07) is -0.213. The van der Waals surface area contributed by atoms with Gasteiger partial charge in [-0.05, 0) is 13.8 Å². The Labute approximate surface area is 65.9 Å². The minimum absolute atomic E-state index is 0.116. The molecule has 0 heterocycles. The molecule has 5 N–H and O–H groups in total. The second-order valence-electron chi connectivity index (χ2n) is 2.50. The third-order valence-corrected chi connectivity index (χ3v) is 1.28. The molecule has 0 aromatic carbocycles. The zero-order valence-corrected chi connectivity index (χ0v) is 6.78. The minimum Gasteiger partial charge on any atom is -0.409 e. The maximum atomic E-state index is 8.85. The first kappa shape index (κ1) is 10.2. The zero-order valence-electron chi connectivity index (χ0n) is 6.78. The lowest BCUT2D eigenvalue weighted by molar-refractivity contribution is 0.190. The second-order valence-corrected chi connectivity index (χ2v) is 2.50. The minimum atomic E-state index is -0.427. The van der Waals surface area contributed by atoms with Crippen LogP contribution in [-0.4, -0.2) is 34.8 Å². The maximum Gasteiger partial charge on any atom is 0.156 e. The smallest absolute Gasteiger partial charge is 0.156 e. The molecule has 0 aliphatic rings. The highest BCUT2D eigenvalue weighted by molar-refractivity contribution is 5.84. The van der Waals surface area contributed by atoms with Crippen molar-refractivity contribution < 1.29 is 10.3 Å². The molecule has 0 aromatic rings. The Balaban J connectivity index is 3.61. The molecule has 0 aliphatic heterocycles. The fraction of sp³-hybridized carbons (Fsp3) is 0.833. The summed E-state index contributed by atoms with van der Waals surface area (Å²) in [6.07, 6.45) is -0.427. The Kier molecular flexibility index (Phi) is 4.56. The van der Waals surface area contributed by atoms with Gasteiger partial charge in [-0.15, -0.1) is 0 Å². The van der Waals surface area contributed by atoms with Gasteiger partial charge in [-0.2, -0.15) is 0 Å². The lowest BCUT2D eigenvalue weighted by atomic mass is 10.3. The highest BCUT2D eigenvalue weighted by Gasteiger charge is 2.06. The first-order valence-electron chi connectivity index (χ1n) is 3.46. The highest BCUT2D eigenvalue weighted by Crippen LogP contribution is 1.83. The van der Waals surface area contributed by atoms with Gasteiger partial charge in [0.25, 0.3) is 0 Å². The molecule has 2 unspecified atom stereocenters. The van der Waals surface area contributed by atoms with E-state index in [0.717, 1.165) is 0 Å². The Morgan fingerprint density at radius 3 is 2.55 bits per heavy atom. The van der Waals surface area contributed by atoms with Crippen LogP contribution in [0.5, 0.6) is 0 Å². The number of nitrogens with zero attached hydrogens (tertiary/aromatic N) is 1. The van der Waals surface area contributed by atoms with Crippen molar-refractivity contribution in [3.8, 4) is 0 Å². The summed E-state index contributed by atoms with van der Waals surface area (Å²) in [4.78, 5) is 0. The van der Waals surface area contributed by atoms with Crippen LogP contribution in [0.25, 0.3) is 0 Å². The van der Waals surface area contributed by atoms with E-state index in [4.69, 9.17) is 16.0 Å². The largest absolute Gasteiger partial charge is 0.409 e. The molecule has 2 atom stereocenters. The summed E-state index contributed by atoms with van der Waals surface area (Å²) in [5.41, 5.74) is 5.26. The summed E-state index contributed by atoms with van der Waals surface area (Å²) in [6.45, 7) is 3.83. The van der Waals surface area contributed by atoms with Crippen molar-refractivity contribution in [2.75, 3.05) is 6.54 Å². The van der Waals surface area contributed by atoms with Crippen LogP contribution in [0.4, 0.5) is 0 Å². The van der Waals surface area contributed by atoms with Crippen LogP contribution >= 0.6 is 0 Å². The highest BCUT2D eigenvalue weighted by atomic mass is 16.4. The summed E-state index contributed by atoms with van der Waals surface area (Å²) >= 11 is 0. The van der Waals surface area contributed by atoms with Crippen molar-refractivity contribution in [1.82, 2.24) is 5.32 Å². The van der Waals surface area contributed by atoms with E-state index in [9.17, 15) is 0 Å². The van der Waals surface area contributed by atoms with Crippen molar-refractivity contribution in [3.63, 3.8) is 0 Å². The Bertz CT molecular complexity index is 136. The van der Waals surface area contributed by atoms with Crippen molar-refractivity contribution >= 4 is 5.84 Å². The average molecular weight is 161 g/mol. The van der Waals surface area contributed by atoms with E-state index in [1.807, 2.05) is 0 Å². The topological polar surface area (TPSA) is 90.9 Å². The molecule has 0 aliphatic carbocycles. The van der Waals surface area contributed by atoms with Gasteiger partial charge in [0.05, 0.1) is 12.1 Å². The molecule has 0 bridgehead atoms. The molecule has 0 fully saturated rings. The number of hydrogen-bond acceptors (Lipinski definition) is 4. The van der Waals surface area contributed by atoms with Gasteiger partial charge in [0.2, 0.25) is 0 Å². The van der Waals surface area contributed by atoms with E-state index in [-0.39, 0.29) is 11.9 Å². The Morgan fingerprint density at radius 2 is 2.18 bits per heavy atom. The molecule has 0 aromatic heterocycles. The number of aliphatic hydroxyl groups excluding tert-OH is 1. The first-order chi connectivity index (χ1) is 5.07. The van der Waals surface area contributed by atoms with Gasteiger partial charge in [-0.1, -0.05) is 5.16 Å². The van der Waals surface area contributed by atoms with E-state index in [1.165, 1.54) is 0 Å². The first-order valence-corrected chi connectivity index (χ1v) is 3.46. The normalized spacial score (nSPS) is 17.9. The van der Waals surface area contributed by atoms with Gasteiger partial charge in [0.15, 0.2) is 5.84 Å². The van der Waals surface area contributed by atoms with E-state index < -0.39 is 6.10 Å². The van der Waals surface area contributed by atoms with Crippen LogP contribution in [0.2, 0.25) is 0 Å². The van der Waals surface area contributed by atoms with E-state index in [1.54, 1.807) is 13.8 Å². The summed E-state index contributed by atoms with van der Waals surface area (Å²) < 4.78 is 0. The lowest BCUT2D eigenvalue weighted by Crippen LogP contribution is -2.41. The van der Waals surface area contributed by atoms with Gasteiger partial charge in [0, 0.05) is 6.54 Å². The van der Waals surface area contributed by atoms with Crippen LogP contribution in [-0.2, 0) is 0 Å². The summed E-state index contributed by atoms with van der Waals surface area (Å²) in [7, 11) is 0. The lowest BCUT2D eigenvalue weighted by Gasteiger charge is -2.12. The third kappa shape index (κ3) is 4.58. The number of nitrogens with two attached hydrogens (primary N) is 1. The predicted molar refractivity (Wildman–Crippen MR) is 42.6 cm³/mol. The molecule has 0 saturated heterocycles. The van der Waals surface area contributed by atoms with E-state index in [0.29, 0.717) is 6.54 Å². The SMILES string of the molecule is CC(O)CNC(C)C(N)=NO. The quantitative estimate of drug-likeness (QED) is 0.186. The Hall–Kier alpha value is -0.810. The molecule has 11 heavy (non-hydrogen) atoms. The average Bonchev–Trinajstić information content (AvgIpc) is 1.98. The van der Waals surface area contributed by atoms with Gasteiger partial charge in [-0.3, -0.25) is 0 Å². The second kappa shape index (κ2) is 4.92. The molecule has 0 spiro atoms. The number of aliphatic hydroxyl groups is 1. The van der Waals surface area contributed by atoms with Gasteiger partial charge in [0.1, 0.15) is 0 Å². The number of amidine groups is 1. The Morgan fingerprint density at radius 1 is 1.64 bits per heavy atom. The van der Waals surface area contributed by atoms with Crippen molar-refractivity contribution in [1.29, 1.82) is 0 Å². The van der Waals surface area contributed by atoms with E-state index >= 15 is 0 Å². The third-order valence-electron chi connectivity index (χ3n) is 1.28.